The van der Waals surface area contributed by atoms with E-state index in [-0.39, 0.29) is 20.1 Å². The van der Waals surface area contributed by atoms with E-state index >= 15 is 0 Å². The molecule has 1 aromatic rings. The van der Waals surface area contributed by atoms with Gasteiger partial charge in [0, 0.05) is 0 Å². The molecule has 2 nitrogen and oxygen atoms in total. The maximum atomic E-state index is 10.8. The van der Waals surface area contributed by atoms with Crippen LogP contribution in [-0.4, -0.2) is 5.97 Å². The number of benzene rings is 1. The third-order valence-corrected chi connectivity index (χ3v) is 1.39. The topological polar surface area (TPSA) is 26.3 Å². The molecule has 1 rings (SSSR count). The van der Waals surface area contributed by atoms with Gasteiger partial charge in [-0.05, 0) is 0 Å². The molecule has 0 fully saturated rings. The second-order valence-corrected chi connectivity index (χ2v) is 2.07. The zero-order valence-corrected chi connectivity index (χ0v) is 7.99. The predicted molar refractivity (Wildman–Crippen MR) is 39.4 cm³/mol. The molecule has 0 aliphatic rings. The molecule has 0 aromatic heterocycles. The first-order valence-electron chi connectivity index (χ1n) is 2.77. The van der Waals surface area contributed by atoms with Crippen LogP contribution in [0.5, 0.6) is 0 Å². The molecule has 13 heavy (non-hydrogen) atoms. The zero-order valence-electron chi connectivity index (χ0n) is 6.43. The van der Waals surface area contributed by atoms with Gasteiger partial charge >= 0.3 is 70.8 Å². The molecule has 0 amide bonds. The van der Waals surface area contributed by atoms with E-state index in [4.69, 9.17) is 0 Å². The van der Waals surface area contributed by atoms with Crippen molar-refractivity contribution < 1.29 is 43.0 Å². The third-order valence-electron chi connectivity index (χ3n) is 1.10. The van der Waals surface area contributed by atoms with Gasteiger partial charge in [0.05, 0.1) is 0 Å². The van der Waals surface area contributed by atoms with Crippen LogP contribution < -0.4 is 0 Å². The fourth-order valence-corrected chi connectivity index (χ4v) is 0.817. The Morgan fingerprint density at radius 1 is 1.08 bits per heavy atom. The Bertz CT molecular complexity index is 230. The van der Waals surface area contributed by atoms with E-state index < -0.39 is 0 Å². The number of carbonyl (C=O) groups excluding carboxylic acids is 1. The molecule has 0 spiro atoms. The summed E-state index contributed by atoms with van der Waals surface area (Å²) in [5.74, 6) is -0.291. The Morgan fingerprint density at radius 2 is 1.54 bits per heavy atom. The van der Waals surface area contributed by atoms with E-state index in [1.807, 2.05) is 6.07 Å². The molecule has 0 N–H and O–H groups in total. The number of carbonyl (C=O) groups is 1. The summed E-state index contributed by atoms with van der Waals surface area (Å²) in [6, 6.07) is 8.88. The Balaban J connectivity index is -0.000000333. The quantitative estimate of drug-likeness (QED) is 0.686. The summed E-state index contributed by atoms with van der Waals surface area (Å²) < 4.78 is 4.50. The molecule has 0 aliphatic carbocycles. The molecule has 0 radical (unpaired) electrons. The summed E-state index contributed by atoms with van der Waals surface area (Å²) in [6.45, 7) is 0. The first-order valence-corrected chi connectivity index (χ1v) is 3.41. The van der Waals surface area contributed by atoms with Gasteiger partial charge in [-0.15, -0.1) is 0 Å². The molecule has 6 heteroatoms. The summed E-state index contributed by atoms with van der Waals surface area (Å²) in [5, 5.41) is 0. The van der Waals surface area contributed by atoms with Gasteiger partial charge in [-0.3, -0.25) is 14.1 Å². The summed E-state index contributed by atoms with van der Waals surface area (Å²) >= 11 is 1.37. The van der Waals surface area contributed by atoms with Crippen LogP contribution >= 0.6 is 0 Å². The summed E-state index contributed by atoms with van der Waals surface area (Å²) in [7, 11) is 0. The molecule has 0 saturated carbocycles. The van der Waals surface area contributed by atoms with Gasteiger partial charge in [-0.2, -0.15) is 0 Å². The monoisotopic (exact) mass is 229 g/mol. The van der Waals surface area contributed by atoms with E-state index in [9.17, 15) is 4.79 Å². The first kappa shape index (κ1) is 18.1. The Kier molecular flexibility index (Phi) is 12.9. The summed E-state index contributed by atoms with van der Waals surface area (Å²) in [4.78, 5) is 10.8. The molecule has 0 aliphatic heterocycles. The Labute approximate surface area is 85.3 Å². The fourth-order valence-electron chi connectivity index (χ4n) is 0.633. The van der Waals surface area contributed by atoms with Gasteiger partial charge < -0.3 is 0 Å². The molecular formula is C7H8F3O2Ti. The van der Waals surface area contributed by atoms with Gasteiger partial charge in [0.1, 0.15) is 0 Å². The average Bonchev–Trinajstić information content (AvgIpc) is 2.05. The van der Waals surface area contributed by atoms with Crippen molar-refractivity contribution in [1.82, 2.24) is 0 Å². The molecular weight excluding hydrogens is 221 g/mol. The first-order chi connectivity index (χ1) is 4.84. The second-order valence-electron chi connectivity index (χ2n) is 1.76. The SMILES string of the molecule is F.F.F.O=C([O][Ti])c1ccccc1. The van der Waals surface area contributed by atoms with Crippen LogP contribution in [0, 0.1) is 0 Å². The molecule has 0 bridgehead atoms. The van der Waals surface area contributed by atoms with Gasteiger partial charge in [-0.25, -0.2) is 0 Å². The minimum atomic E-state index is -0.291. The number of halogens is 3. The van der Waals surface area contributed by atoms with Crippen molar-refractivity contribution >= 4 is 5.97 Å². The van der Waals surface area contributed by atoms with Gasteiger partial charge in [0.2, 0.25) is 0 Å². The predicted octanol–water partition coefficient (Wildman–Crippen LogP) is 1.76. The van der Waals surface area contributed by atoms with Crippen LogP contribution in [-0.2, 0) is 24.1 Å². The Hall–Kier alpha value is -0.806. The summed E-state index contributed by atoms with van der Waals surface area (Å²) in [6.07, 6.45) is 0. The number of rotatable bonds is 1. The van der Waals surface area contributed by atoms with Crippen LogP contribution in [0.25, 0.3) is 0 Å². The van der Waals surface area contributed by atoms with Crippen LogP contribution in [0.1, 0.15) is 10.4 Å². The van der Waals surface area contributed by atoms with Gasteiger partial charge in [0.15, 0.2) is 0 Å². The molecule has 0 heterocycles. The van der Waals surface area contributed by atoms with Crippen molar-refractivity contribution in [2.45, 2.75) is 0 Å². The van der Waals surface area contributed by atoms with Crippen molar-refractivity contribution in [2.75, 3.05) is 0 Å². The fraction of sp³-hybridized carbons (Fsp3) is 0. The normalized spacial score (nSPS) is 6.69. The Morgan fingerprint density at radius 3 is 1.92 bits per heavy atom. The number of hydrogen-bond donors (Lipinski definition) is 0. The van der Waals surface area contributed by atoms with Crippen LogP contribution in [0.2, 0.25) is 0 Å². The van der Waals surface area contributed by atoms with E-state index in [2.05, 4.69) is 3.32 Å². The zero-order chi connectivity index (χ0) is 7.40. The van der Waals surface area contributed by atoms with E-state index in [0.29, 0.717) is 5.56 Å². The number of hydrogen-bond acceptors (Lipinski definition) is 2. The van der Waals surface area contributed by atoms with Crippen molar-refractivity contribution in [3.8, 4) is 0 Å². The minimum absolute atomic E-state index is 0. The molecule has 1 aromatic carbocycles. The van der Waals surface area contributed by atoms with Crippen molar-refractivity contribution in [3.63, 3.8) is 0 Å². The van der Waals surface area contributed by atoms with Crippen molar-refractivity contribution in [3.05, 3.63) is 35.9 Å². The van der Waals surface area contributed by atoms with Crippen molar-refractivity contribution in [1.29, 1.82) is 0 Å². The van der Waals surface area contributed by atoms with E-state index in [1.165, 1.54) is 20.8 Å². The standard InChI is InChI=1S/C7H6O2.3FH.Ti/c8-7(9)6-4-2-1-3-5-6;;;;/h1-5H,(H,8,9);3*1H;/q;;;;+1/p-1. The van der Waals surface area contributed by atoms with Crippen LogP contribution in [0.3, 0.4) is 0 Å². The van der Waals surface area contributed by atoms with Crippen LogP contribution in [0.15, 0.2) is 30.3 Å². The molecule has 0 saturated heterocycles. The van der Waals surface area contributed by atoms with E-state index in [0.717, 1.165) is 0 Å². The van der Waals surface area contributed by atoms with Gasteiger partial charge in [0.25, 0.3) is 0 Å². The third kappa shape index (κ3) is 5.44. The van der Waals surface area contributed by atoms with Crippen molar-refractivity contribution in [2.24, 2.45) is 0 Å². The average molecular weight is 229 g/mol. The van der Waals surface area contributed by atoms with E-state index in [1.54, 1.807) is 24.3 Å². The summed E-state index contributed by atoms with van der Waals surface area (Å²) in [5.41, 5.74) is 0.588. The van der Waals surface area contributed by atoms with Crippen LogP contribution in [0.4, 0.5) is 14.1 Å². The van der Waals surface area contributed by atoms with Gasteiger partial charge in [-0.1, -0.05) is 0 Å². The molecule has 0 unspecified atom stereocenters. The second kappa shape index (κ2) is 9.28. The molecule has 0 atom stereocenters. The maximum absolute atomic E-state index is 10.8. The molecule has 73 valence electrons.